The van der Waals surface area contributed by atoms with Crippen LogP contribution < -0.4 is 10.1 Å². The van der Waals surface area contributed by atoms with E-state index in [0.29, 0.717) is 12.8 Å². The van der Waals surface area contributed by atoms with Crippen molar-refractivity contribution < 1.29 is 19.1 Å². The Morgan fingerprint density at radius 1 is 1.13 bits per heavy atom. The van der Waals surface area contributed by atoms with Gasteiger partial charge in [0.05, 0.1) is 23.2 Å². The molecule has 1 N–H and O–H groups in total. The lowest BCUT2D eigenvalue weighted by molar-refractivity contribution is -0.105. The number of ether oxygens (including phenoxy) is 1. The lowest BCUT2D eigenvalue weighted by Gasteiger charge is -2.43. The number of carbonyl (C=O) groups is 3. The van der Waals surface area contributed by atoms with Crippen molar-refractivity contribution in [1.29, 1.82) is 0 Å². The first-order chi connectivity index (χ1) is 14.5. The largest absolute Gasteiger partial charge is 0.486 e. The first-order valence-corrected chi connectivity index (χ1v) is 9.65. The van der Waals surface area contributed by atoms with E-state index in [9.17, 15) is 19.3 Å². The molecule has 0 saturated carbocycles. The van der Waals surface area contributed by atoms with Gasteiger partial charge in [0.1, 0.15) is 11.4 Å². The van der Waals surface area contributed by atoms with Crippen molar-refractivity contribution in [2.24, 2.45) is 5.18 Å². The number of piperidine rings is 1. The molecule has 1 spiro atoms. The molecule has 2 heterocycles. The Morgan fingerprint density at radius 3 is 2.50 bits per heavy atom. The number of likely N-dealkylation sites (tertiary alicyclic amines) is 1. The van der Waals surface area contributed by atoms with Gasteiger partial charge in [0.15, 0.2) is 5.78 Å². The molecule has 0 bridgehead atoms. The number of rotatable bonds is 3. The minimum Gasteiger partial charge on any atom is -0.486 e. The second-order valence-electron chi connectivity index (χ2n) is 7.39. The van der Waals surface area contributed by atoms with Gasteiger partial charge in [0, 0.05) is 31.1 Å². The highest BCUT2D eigenvalue weighted by Gasteiger charge is 2.42. The highest BCUT2D eigenvalue weighted by atomic mass is 16.5. The van der Waals surface area contributed by atoms with Crippen LogP contribution in [0.1, 0.15) is 40.0 Å². The molecular weight excluding hydrogens is 386 g/mol. The van der Waals surface area contributed by atoms with Crippen molar-refractivity contribution in [3.8, 4) is 5.75 Å². The van der Waals surface area contributed by atoms with Gasteiger partial charge in [-0.2, -0.15) is 0 Å². The van der Waals surface area contributed by atoms with Gasteiger partial charge in [0.2, 0.25) is 6.41 Å². The number of Topliss-reactive ketones (excluding diaryl/α,β-unsaturated/α-hetero) is 1. The van der Waals surface area contributed by atoms with Crippen LogP contribution in [0.3, 0.4) is 0 Å². The number of amides is 2. The van der Waals surface area contributed by atoms with Crippen LogP contribution in [0.15, 0.2) is 53.7 Å². The van der Waals surface area contributed by atoms with E-state index in [0.717, 1.165) is 37.2 Å². The second-order valence-corrected chi connectivity index (χ2v) is 7.39. The van der Waals surface area contributed by atoms with E-state index >= 15 is 0 Å². The fourth-order valence-corrected chi connectivity index (χ4v) is 3.66. The van der Waals surface area contributed by atoms with E-state index in [1.165, 1.54) is 12.1 Å². The molecule has 4 rings (SSSR count). The maximum Gasteiger partial charge on any atom is 0.318 e. The molecule has 0 atom stereocenters. The zero-order valence-corrected chi connectivity index (χ0v) is 16.7. The smallest absolute Gasteiger partial charge is 0.318 e. The first-order valence-electron chi connectivity index (χ1n) is 9.65. The number of ketones is 1. The number of para-hydroxylation sites is 2. The number of nitroso groups, excluding NO2 is 1. The Hall–Kier alpha value is -3.39. The predicted molar refractivity (Wildman–Crippen MR) is 112 cm³/mol. The normalized spacial score (nSPS) is 17.0. The minimum atomic E-state index is -0.898. The SMILES string of the molecule is CN1CCC2(CC1)CC(=O)c1ccccc1O2.O=CNc1ccccc1C(=O)N=O. The monoisotopic (exact) mass is 409 g/mol. The summed E-state index contributed by atoms with van der Waals surface area (Å²) in [5.41, 5.74) is 0.876. The van der Waals surface area contributed by atoms with Gasteiger partial charge in [-0.15, -0.1) is 4.91 Å². The number of carbonyl (C=O) groups excluding carboxylic acids is 3. The quantitative estimate of drug-likeness (QED) is 0.616. The molecule has 2 aromatic rings. The molecule has 2 aliphatic heterocycles. The molecule has 2 amide bonds. The lowest BCUT2D eigenvalue weighted by atomic mass is 9.82. The standard InChI is InChI=1S/C14H17NO2.C8H6N2O3/c1-15-8-6-14(7-9-15)10-12(16)11-4-2-3-5-13(11)17-14;11-5-9-7-4-2-1-3-6(7)8(12)10-13/h2-5H,6-10H2,1H3;1-5H,(H,9,11). The average molecular weight is 409 g/mol. The molecule has 1 fully saturated rings. The summed E-state index contributed by atoms with van der Waals surface area (Å²) in [6.07, 6.45) is 2.86. The molecule has 156 valence electrons. The topological polar surface area (TPSA) is 105 Å². The highest BCUT2D eigenvalue weighted by Crippen LogP contribution is 2.38. The zero-order valence-electron chi connectivity index (χ0n) is 16.7. The van der Waals surface area contributed by atoms with Crippen LogP contribution in [0.4, 0.5) is 5.69 Å². The highest BCUT2D eigenvalue weighted by molar-refractivity contribution is 6.01. The third-order valence-electron chi connectivity index (χ3n) is 5.35. The van der Waals surface area contributed by atoms with E-state index in [4.69, 9.17) is 4.74 Å². The molecule has 0 radical (unpaired) electrons. The van der Waals surface area contributed by atoms with E-state index in [-0.39, 0.29) is 22.6 Å². The molecule has 1 saturated heterocycles. The van der Waals surface area contributed by atoms with Crippen LogP contribution in [0, 0.1) is 4.91 Å². The van der Waals surface area contributed by atoms with Gasteiger partial charge >= 0.3 is 5.91 Å². The van der Waals surface area contributed by atoms with Crippen LogP contribution in [0.25, 0.3) is 0 Å². The van der Waals surface area contributed by atoms with Crippen LogP contribution in [-0.2, 0) is 4.79 Å². The van der Waals surface area contributed by atoms with Crippen molar-refractivity contribution in [2.45, 2.75) is 24.9 Å². The summed E-state index contributed by atoms with van der Waals surface area (Å²) in [5.74, 6) is 0.106. The van der Waals surface area contributed by atoms with Crippen LogP contribution in [0.2, 0.25) is 0 Å². The maximum atomic E-state index is 12.1. The van der Waals surface area contributed by atoms with Gasteiger partial charge in [-0.3, -0.25) is 14.4 Å². The molecule has 0 unspecified atom stereocenters. The summed E-state index contributed by atoms with van der Waals surface area (Å²) in [5, 5.41) is 4.55. The molecule has 30 heavy (non-hydrogen) atoms. The average Bonchev–Trinajstić information content (AvgIpc) is 2.77. The molecule has 0 aromatic heterocycles. The van der Waals surface area contributed by atoms with Crippen molar-refractivity contribution >= 4 is 23.8 Å². The zero-order chi connectivity index (χ0) is 21.6. The first kappa shape index (κ1) is 21.3. The van der Waals surface area contributed by atoms with Gasteiger partial charge < -0.3 is 15.0 Å². The van der Waals surface area contributed by atoms with Crippen molar-refractivity contribution in [2.75, 3.05) is 25.5 Å². The summed E-state index contributed by atoms with van der Waals surface area (Å²) in [6, 6.07) is 13.7. The second kappa shape index (κ2) is 9.41. The van der Waals surface area contributed by atoms with Crippen molar-refractivity contribution in [1.82, 2.24) is 4.90 Å². The summed E-state index contributed by atoms with van der Waals surface area (Å²) in [4.78, 5) is 45.4. The Bertz CT molecular complexity index is 951. The predicted octanol–water partition coefficient (Wildman–Crippen LogP) is 3.28. The maximum absolute atomic E-state index is 12.1. The Labute approximate surface area is 174 Å². The number of nitrogens with zero attached hydrogens (tertiary/aromatic N) is 2. The fourth-order valence-electron chi connectivity index (χ4n) is 3.66. The van der Waals surface area contributed by atoms with E-state index in [1.807, 2.05) is 24.3 Å². The lowest BCUT2D eigenvalue weighted by Crippen LogP contribution is -2.50. The van der Waals surface area contributed by atoms with Gasteiger partial charge in [-0.1, -0.05) is 24.3 Å². The van der Waals surface area contributed by atoms with E-state index in [1.54, 1.807) is 12.1 Å². The Kier molecular flexibility index (Phi) is 6.68. The van der Waals surface area contributed by atoms with Gasteiger partial charge in [-0.05, 0) is 31.3 Å². The molecule has 2 aliphatic rings. The third-order valence-corrected chi connectivity index (χ3v) is 5.35. The molecule has 8 heteroatoms. The van der Waals surface area contributed by atoms with Crippen LogP contribution >= 0.6 is 0 Å². The number of hydrogen-bond donors (Lipinski definition) is 1. The van der Waals surface area contributed by atoms with Crippen molar-refractivity contribution in [3.63, 3.8) is 0 Å². The summed E-state index contributed by atoms with van der Waals surface area (Å²) < 4.78 is 6.13. The van der Waals surface area contributed by atoms with Crippen LogP contribution in [-0.4, -0.2) is 48.7 Å². The molecular formula is C22H23N3O5. The summed E-state index contributed by atoms with van der Waals surface area (Å²) in [7, 11) is 2.12. The number of nitrogens with one attached hydrogen (secondary N) is 1. The minimum absolute atomic E-state index is 0.0876. The third kappa shape index (κ3) is 4.77. The number of benzene rings is 2. The number of anilines is 1. The fraction of sp³-hybridized carbons (Fsp3) is 0.318. The summed E-state index contributed by atoms with van der Waals surface area (Å²) in [6.45, 7) is 2.02. The number of hydrogen-bond acceptors (Lipinski definition) is 6. The molecule has 0 aliphatic carbocycles. The van der Waals surface area contributed by atoms with Crippen LogP contribution in [0.5, 0.6) is 5.75 Å². The van der Waals surface area contributed by atoms with Gasteiger partial charge in [0.25, 0.3) is 0 Å². The van der Waals surface area contributed by atoms with E-state index < -0.39 is 5.91 Å². The number of fused-ring (bicyclic) bond motifs is 1. The van der Waals surface area contributed by atoms with Gasteiger partial charge in [-0.25, -0.2) is 0 Å². The Morgan fingerprint density at radius 2 is 1.80 bits per heavy atom. The molecule has 2 aromatic carbocycles. The van der Waals surface area contributed by atoms with E-state index in [2.05, 4.69) is 22.4 Å². The Balaban J connectivity index is 0.000000178. The summed E-state index contributed by atoms with van der Waals surface area (Å²) >= 11 is 0. The molecule has 8 nitrogen and oxygen atoms in total. The van der Waals surface area contributed by atoms with Crippen molar-refractivity contribution in [3.05, 3.63) is 64.6 Å².